The summed E-state index contributed by atoms with van der Waals surface area (Å²) in [6.07, 6.45) is 5.36. The Morgan fingerprint density at radius 3 is 1.32 bits per heavy atom. The third kappa shape index (κ3) is 20.1. The van der Waals surface area contributed by atoms with Gasteiger partial charge >= 0.3 is 42.4 Å². The van der Waals surface area contributed by atoms with E-state index in [-0.39, 0.29) is 41.5 Å². The van der Waals surface area contributed by atoms with E-state index in [4.69, 9.17) is 19.7 Å². The van der Waals surface area contributed by atoms with Gasteiger partial charge in [-0.15, -0.1) is 35.9 Å². The van der Waals surface area contributed by atoms with Gasteiger partial charge in [0.15, 0.2) is 11.5 Å². The fourth-order valence-corrected chi connectivity index (χ4v) is 10.6. The van der Waals surface area contributed by atoms with E-state index in [1.807, 2.05) is 65.8 Å². The summed E-state index contributed by atoms with van der Waals surface area (Å²) in [6.45, 7) is 25.2. The van der Waals surface area contributed by atoms with Gasteiger partial charge in [-0.3, -0.25) is 9.59 Å². The predicted molar refractivity (Wildman–Crippen MR) is 311 cm³/mol. The van der Waals surface area contributed by atoms with E-state index in [9.17, 15) is 34.2 Å². The maximum Gasteiger partial charge on any atom is 1.00 e. The SMILES string of the molecule is C=C([O-])CCSc1ccc(C)cc1.CCc1cc(C)cc(CC)c1-c1c(O)cc(CCSc2ccc(C)cc2)oc1=O.CCc1cc(C)cc(CC)c1C(=C=O)C(=O)O.CCc1cc(C)cc(CC)c1C(C(=O)O)C(=O)O.[Li+]. The number of hydrogen-bond donors (Lipinski definition) is 4. The van der Waals surface area contributed by atoms with Crippen molar-refractivity contribution in [2.75, 3.05) is 11.5 Å². The van der Waals surface area contributed by atoms with Crippen molar-refractivity contribution in [3.63, 3.8) is 0 Å². The molecular formula is C64H75LiO11S2. The molecule has 5 aromatic carbocycles. The fraction of sp³-hybridized carbons (Fsp3) is 0.344. The van der Waals surface area contributed by atoms with Gasteiger partial charge in [-0.25, -0.2) is 14.4 Å². The van der Waals surface area contributed by atoms with Crippen molar-refractivity contribution in [2.45, 2.75) is 143 Å². The van der Waals surface area contributed by atoms with Crippen LogP contribution in [0.25, 0.3) is 16.7 Å². The van der Waals surface area contributed by atoms with E-state index in [2.05, 4.69) is 102 Å². The second kappa shape index (κ2) is 33.8. The Morgan fingerprint density at radius 2 is 0.974 bits per heavy atom. The summed E-state index contributed by atoms with van der Waals surface area (Å²) in [6, 6.07) is 30.0. The Labute approximate surface area is 481 Å². The van der Waals surface area contributed by atoms with Crippen LogP contribution in [0.2, 0.25) is 0 Å². The van der Waals surface area contributed by atoms with Crippen LogP contribution in [-0.2, 0) is 64.1 Å². The first-order valence-electron chi connectivity index (χ1n) is 26.0. The van der Waals surface area contributed by atoms with E-state index in [0.29, 0.717) is 55.4 Å². The van der Waals surface area contributed by atoms with Crippen molar-refractivity contribution >= 4 is 52.9 Å². The quantitative estimate of drug-likeness (QED) is 0.0141. The van der Waals surface area contributed by atoms with Crippen LogP contribution in [0.4, 0.5) is 0 Å². The van der Waals surface area contributed by atoms with Gasteiger partial charge in [-0.1, -0.05) is 130 Å². The molecule has 0 saturated carbocycles. The molecule has 0 saturated heterocycles. The fourth-order valence-electron chi connectivity index (χ4n) is 8.81. The standard InChI is InChI=1S/C25H28O3S.C14H18O4.C14H16O3.C11H14OS.Li/c1-5-18-13-17(4)14-19(6-2)23(18)24-22(26)15-20(28-25(24)27)11-12-29-21-9-7-16(3)8-10-21;1-4-9-6-8(3)7-10(5-2)11(9)12(13(15)16)14(17)18;1-4-10-6-9(3)7-11(5-2)13(10)12(8-15)14(16)17;1-9-3-5-11(6-4-9)13-8-7-10(2)12;/h7-10,13-15,26H,5-6,11-12H2,1-4H3;6-7,12H,4-5H2,1-3H3,(H,15,16)(H,17,18);6-7H,4-5H2,1-3H3,(H,16,17);3-6,12H,2,7-8H2,1H3;/q;;;;+1/p-1. The Bertz CT molecular complexity index is 3010. The van der Waals surface area contributed by atoms with Crippen LogP contribution in [-0.4, -0.2) is 55.8 Å². The Hall–Kier alpha value is -6.45. The van der Waals surface area contributed by atoms with Gasteiger partial charge in [0, 0.05) is 39.3 Å². The van der Waals surface area contributed by atoms with Gasteiger partial charge in [-0.05, 0) is 148 Å². The minimum absolute atomic E-state index is 0. The molecule has 0 unspecified atom stereocenters. The Balaban J connectivity index is 0.000000372. The van der Waals surface area contributed by atoms with Gasteiger partial charge in [0.05, 0.1) is 0 Å². The summed E-state index contributed by atoms with van der Waals surface area (Å²) >= 11 is 3.40. The van der Waals surface area contributed by atoms with E-state index in [0.717, 1.165) is 80.0 Å². The average Bonchev–Trinajstić information content (AvgIpc) is 3.38. The molecule has 14 heteroatoms. The number of aromatic hydroxyl groups is 1. The maximum atomic E-state index is 12.8. The molecular weight excluding hydrogens is 1020 g/mol. The number of carbonyl (C=O) groups excluding carboxylic acids is 1. The van der Waals surface area contributed by atoms with Crippen LogP contribution < -0.4 is 29.6 Å². The van der Waals surface area contributed by atoms with E-state index in [1.54, 1.807) is 35.5 Å². The number of rotatable bonds is 20. The molecule has 6 aromatic rings. The third-order valence-electron chi connectivity index (χ3n) is 12.6. The zero-order chi connectivity index (χ0) is 57.5. The number of hydrogen-bond acceptors (Lipinski definition) is 10. The van der Waals surface area contributed by atoms with E-state index < -0.39 is 29.5 Å². The predicted octanol–water partition coefficient (Wildman–Crippen LogP) is 10.2. The van der Waals surface area contributed by atoms with E-state index >= 15 is 0 Å². The van der Waals surface area contributed by atoms with Crippen LogP contribution >= 0.6 is 23.5 Å². The van der Waals surface area contributed by atoms with Crippen LogP contribution in [0.3, 0.4) is 0 Å². The minimum Gasteiger partial charge on any atom is -0.876 e. The molecule has 410 valence electrons. The Kier molecular flexibility index (Phi) is 29.3. The van der Waals surface area contributed by atoms with Crippen molar-refractivity contribution in [1.82, 2.24) is 0 Å². The first-order chi connectivity index (χ1) is 36.6. The third-order valence-corrected chi connectivity index (χ3v) is 14.6. The normalized spacial score (nSPS) is 10.4. The Morgan fingerprint density at radius 1 is 0.590 bits per heavy atom. The largest absolute Gasteiger partial charge is 1.00 e. The average molecular weight is 1090 g/mol. The zero-order valence-corrected chi connectivity index (χ0v) is 49.1. The van der Waals surface area contributed by atoms with Crippen LogP contribution in [0.15, 0.2) is 122 Å². The number of carboxylic acid groups (broad SMARTS) is 3. The summed E-state index contributed by atoms with van der Waals surface area (Å²) in [5.41, 5.74) is 12.7. The van der Waals surface area contributed by atoms with Crippen molar-refractivity contribution in [2.24, 2.45) is 0 Å². The number of aliphatic carboxylic acids is 3. The number of carbonyl (C=O) groups is 3. The smallest absolute Gasteiger partial charge is 0.876 e. The van der Waals surface area contributed by atoms with Gasteiger partial charge in [0.25, 0.3) is 0 Å². The van der Waals surface area contributed by atoms with Gasteiger partial charge in [0.2, 0.25) is 0 Å². The zero-order valence-electron chi connectivity index (χ0n) is 47.5. The molecule has 0 fully saturated rings. The first-order valence-corrected chi connectivity index (χ1v) is 28.0. The number of benzene rings is 5. The van der Waals surface area contributed by atoms with E-state index in [1.165, 1.54) is 20.9 Å². The second-order valence-corrected chi connectivity index (χ2v) is 20.9. The number of carboxylic acids is 3. The van der Waals surface area contributed by atoms with Gasteiger partial charge in [0.1, 0.15) is 23.0 Å². The molecule has 6 rings (SSSR count). The molecule has 0 amide bonds. The molecule has 0 spiro atoms. The molecule has 4 N–H and O–H groups in total. The number of allylic oxidation sites excluding steroid dienone is 1. The number of thioether (sulfide) groups is 2. The molecule has 0 atom stereocenters. The summed E-state index contributed by atoms with van der Waals surface area (Å²) in [7, 11) is 0. The summed E-state index contributed by atoms with van der Waals surface area (Å²) in [5.74, 6) is -1.63. The molecule has 0 bridgehead atoms. The summed E-state index contributed by atoms with van der Waals surface area (Å²) < 4.78 is 5.60. The molecule has 0 aliphatic carbocycles. The number of aryl methyl sites for hydroxylation is 12. The molecule has 0 radical (unpaired) electrons. The molecule has 0 aliphatic rings. The van der Waals surface area contributed by atoms with Crippen molar-refractivity contribution < 1.29 is 68.0 Å². The molecule has 1 heterocycles. The van der Waals surface area contributed by atoms with Crippen LogP contribution in [0.1, 0.15) is 132 Å². The van der Waals surface area contributed by atoms with Gasteiger partial charge < -0.3 is 29.9 Å². The van der Waals surface area contributed by atoms with Crippen LogP contribution in [0.5, 0.6) is 5.75 Å². The first kappa shape index (κ1) is 67.7. The van der Waals surface area contributed by atoms with Gasteiger partial charge in [-0.2, -0.15) is 0 Å². The summed E-state index contributed by atoms with van der Waals surface area (Å²) in [4.78, 5) is 59.5. The molecule has 78 heavy (non-hydrogen) atoms. The minimum atomic E-state index is -1.48. The summed E-state index contributed by atoms with van der Waals surface area (Å²) in [5, 5.41) is 48.6. The van der Waals surface area contributed by atoms with Crippen LogP contribution in [0, 0.1) is 34.6 Å². The molecule has 1 aromatic heterocycles. The van der Waals surface area contributed by atoms with Crippen molar-refractivity contribution in [3.8, 4) is 16.9 Å². The van der Waals surface area contributed by atoms with Crippen molar-refractivity contribution in [1.29, 1.82) is 0 Å². The second-order valence-electron chi connectivity index (χ2n) is 18.5. The molecule has 11 nitrogen and oxygen atoms in total. The topological polar surface area (TPSA) is 202 Å². The maximum absolute atomic E-state index is 12.8. The monoisotopic (exact) mass is 1090 g/mol. The molecule has 0 aliphatic heterocycles. The van der Waals surface area contributed by atoms with Crippen molar-refractivity contribution in [3.05, 3.63) is 192 Å².